The lowest BCUT2D eigenvalue weighted by atomic mass is 9.82. The quantitative estimate of drug-likeness (QED) is 0.0444. The minimum Gasteiger partial charge on any atom is -0.481 e. The lowest BCUT2D eigenvalue weighted by Crippen LogP contribution is -2.61. The molecule has 6 amide bonds. The molecule has 17 nitrogen and oxygen atoms in total. The first-order valence-corrected chi connectivity index (χ1v) is 24.4. The number of carboxylic acids is 2. The van der Waals surface area contributed by atoms with Crippen LogP contribution in [0.25, 0.3) is 10.9 Å². The SMILES string of the molecule is CC[C@H](C)[C@H](NC(=O)[C@H](Cc1ccccc1)NC(=O)[C@H](CC(=O)O)NC(=O)[C@H](CC(C)C)NC(=O)[C@H](NC(C)=O)C1c2ccccc2CCc2ccccc21)C(=O)N[C@@H](Cc1c[nH]c2ccccc12)C(=O)O. The Bertz CT molecular complexity index is 2710. The zero-order valence-corrected chi connectivity index (χ0v) is 41.2. The van der Waals surface area contributed by atoms with Gasteiger partial charge in [0.05, 0.1) is 6.42 Å². The number of carbonyl (C=O) groups is 8. The average molecular weight is 984 g/mol. The van der Waals surface area contributed by atoms with E-state index in [0.29, 0.717) is 30.4 Å². The van der Waals surface area contributed by atoms with E-state index >= 15 is 0 Å². The predicted octanol–water partition coefficient (Wildman–Crippen LogP) is 4.46. The number of amides is 6. The summed E-state index contributed by atoms with van der Waals surface area (Å²) < 4.78 is 0. The molecule has 380 valence electrons. The van der Waals surface area contributed by atoms with E-state index in [-0.39, 0.29) is 25.2 Å². The molecule has 72 heavy (non-hydrogen) atoms. The topological polar surface area (TPSA) is 265 Å². The minimum absolute atomic E-state index is 0.0587. The summed E-state index contributed by atoms with van der Waals surface area (Å²) in [6.07, 6.45) is 2.44. The van der Waals surface area contributed by atoms with Crippen LogP contribution >= 0.6 is 0 Å². The van der Waals surface area contributed by atoms with Gasteiger partial charge in [0.1, 0.15) is 36.3 Å². The number of hydrogen-bond donors (Lipinski definition) is 9. The molecule has 0 spiro atoms. The van der Waals surface area contributed by atoms with E-state index < -0.39 is 102 Å². The lowest BCUT2D eigenvalue weighted by molar-refractivity contribution is -0.142. The molecule has 1 aliphatic rings. The first-order valence-electron chi connectivity index (χ1n) is 24.4. The monoisotopic (exact) mass is 983 g/mol. The summed E-state index contributed by atoms with van der Waals surface area (Å²) in [5.41, 5.74) is 5.74. The van der Waals surface area contributed by atoms with Crippen molar-refractivity contribution in [1.29, 1.82) is 0 Å². The second-order valence-corrected chi connectivity index (χ2v) is 19.0. The number of aromatic nitrogens is 1. The van der Waals surface area contributed by atoms with Gasteiger partial charge in [-0.15, -0.1) is 0 Å². The van der Waals surface area contributed by atoms with Crippen LogP contribution < -0.4 is 31.9 Å². The van der Waals surface area contributed by atoms with E-state index in [4.69, 9.17) is 0 Å². The van der Waals surface area contributed by atoms with Crippen molar-refractivity contribution in [2.24, 2.45) is 11.8 Å². The Morgan fingerprint density at radius 1 is 0.597 bits per heavy atom. The third kappa shape index (κ3) is 13.9. The van der Waals surface area contributed by atoms with Gasteiger partial charge < -0.3 is 47.1 Å². The second kappa shape index (κ2) is 24.8. The van der Waals surface area contributed by atoms with E-state index in [1.54, 1.807) is 50.4 Å². The Morgan fingerprint density at radius 2 is 1.14 bits per heavy atom. The summed E-state index contributed by atoms with van der Waals surface area (Å²) >= 11 is 0. The zero-order chi connectivity index (χ0) is 52.1. The van der Waals surface area contributed by atoms with Crippen LogP contribution in [0.4, 0.5) is 0 Å². The lowest BCUT2D eigenvalue weighted by Gasteiger charge is -2.31. The summed E-state index contributed by atoms with van der Waals surface area (Å²) in [5, 5.41) is 37.2. The summed E-state index contributed by atoms with van der Waals surface area (Å²) in [4.78, 5) is 113. The second-order valence-electron chi connectivity index (χ2n) is 19.0. The Hall–Kier alpha value is -7.82. The number of carboxylic acid groups (broad SMARTS) is 2. The number of aliphatic carboxylic acids is 2. The summed E-state index contributed by atoms with van der Waals surface area (Å²) in [6, 6.07) is 23.0. The molecule has 4 aromatic carbocycles. The van der Waals surface area contributed by atoms with Crippen LogP contribution in [0.1, 0.15) is 93.2 Å². The number of para-hydroxylation sites is 1. The highest BCUT2D eigenvalue weighted by molar-refractivity contribution is 5.98. The fourth-order valence-corrected chi connectivity index (χ4v) is 9.34. The van der Waals surface area contributed by atoms with Gasteiger partial charge in [-0.05, 0) is 70.5 Å². The molecule has 0 saturated heterocycles. The fourth-order valence-electron chi connectivity index (χ4n) is 9.34. The van der Waals surface area contributed by atoms with Crippen molar-refractivity contribution < 1.29 is 48.6 Å². The summed E-state index contributed by atoms with van der Waals surface area (Å²) in [5.74, 6) is -8.74. The fraction of sp³-hybridized carbons (Fsp3) is 0.382. The van der Waals surface area contributed by atoms with Crippen LogP contribution in [0.3, 0.4) is 0 Å². The number of benzene rings is 4. The molecule has 0 bridgehead atoms. The van der Waals surface area contributed by atoms with Crippen molar-refractivity contribution >= 4 is 58.3 Å². The van der Waals surface area contributed by atoms with Gasteiger partial charge in [-0.1, -0.05) is 131 Å². The van der Waals surface area contributed by atoms with Crippen molar-refractivity contribution in [2.45, 2.75) is 122 Å². The van der Waals surface area contributed by atoms with Gasteiger partial charge in [0.15, 0.2) is 0 Å². The Labute approximate surface area is 418 Å². The zero-order valence-electron chi connectivity index (χ0n) is 41.2. The maximum Gasteiger partial charge on any atom is 0.326 e. The van der Waals surface area contributed by atoms with E-state index in [1.165, 1.54) is 6.92 Å². The van der Waals surface area contributed by atoms with Crippen LogP contribution in [-0.2, 0) is 64.0 Å². The highest BCUT2D eigenvalue weighted by Crippen LogP contribution is 2.37. The highest BCUT2D eigenvalue weighted by Gasteiger charge is 2.39. The molecular weight excluding hydrogens is 919 g/mol. The molecule has 0 saturated carbocycles. The van der Waals surface area contributed by atoms with Crippen molar-refractivity contribution in [3.63, 3.8) is 0 Å². The number of H-pyrrole nitrogens is 1. The molecule has 1 heterocycles. The highest BCUT2D eigenvalue weighted by atomic mass is 16.4. The summed E-state index contributed by atoms with van der Waals surface area (Å²) in [6.45, 7) is 8.45. The van der Waals surface area contributed by atoms with Crippen LogP contribution in [0.15, 0.2) is 109 Å². The molecule has 0 aliphatic heterocycles. The van der Waals surface area contributed by atoms with Crippen molar-refractivity contribution in [1.82, 2.24) is 36.9 Å². The third-order valence-corrected chi connectivity index (χ3v) is 13.2. The molecule has 0 unspecified atom stereocenters. The maximum absolute atomic E-state index is 14.6. The molecule has 5 aromatic rings. The Kier molecular flexibility index (Phi) is 18.5. The van der Waals surface area contributed by atoms with E-state index in [9.17, 15) is 48.6 Å². The van der Waals surface area contributed by atoms with Crippen LogP contribution in [-0.4, -0.2) is 98.8 Å². The van der Waals surface area contributed by atoms with Gasteiger partial charge in [0, 0.05) is 42.8 Å². The normalized spacial score (nSPS) is 15.1. The molecule has 7 atom stereocenters. The molecule has 1 aromatic heterocycles. The molecular formula is C55H65N7O10. The number of fused-ring (bicyclic) bond motifs is 3. The standard InChI is InChI=1S/C55H65N7O10/c1-6-32(4)48(53(69)61-45(55(71)72)28-37-30-56-41-23-15-14-20-38(37)41)62-52(68)43(27-34-16-8-7-9-17-34)58-51(67)44(29-46(64)65)59-50(66)42(26-31(2)3)60-54(70)49(57-33(5)63)47-39-21-12-10-18-35(39)24-25-36-19-11-13-22-40(36)47/h7-23,30-32,42-45,47-49,56H,6,24-29H2,1-5H3,(H,57,63)(H,58,67)(H,59,66)(H,60,70)(H,61,69)(H,62,68)(H,64,65)(H,71,72)/t32-,42-,43-,44-,45-,48-,49+/m0/s1. The number of hydrogen-bond acceptors (Lipinski definition) is 8. The van der Waals surface area contributed by atoms with Crippen molar-refractivity contribution in [2.75, 3.05) is 0 Å². The molecule has 0 radical (unpaired) electrons. The van der Waals surface area contributed by atoms with Crippen LogP contribution in [0.2, 0.25) is 0 Å². The number of aromatic amines is 1. The third-order valence-electron chi connectivity index (χ3n) is 13.2. The van der Waals surface area contributed by atoms with E-state index in [1.807, 2.05) is 86.6 Å². The molecule has 6 rings (SSSR count). The number of carbonyl (C=O) groups excluding carboxylic acids is 6. The predicted molar refractivity (Wildman–Crippen MR) is 270 cm³/mol. The van der Waals surface area contributed by atoms with Gasteiger partial charge in [-0.25, -0.2) is 4.79 Å². The largest absolute Gasteiger partial charge is 0.481 e. The number of aryl methyl sites for hydroxylation is 2. The minimum atomic E-state index is -1.76. The smallest absolute Gasteiger partial charge is 0.326 e. The van der Waals surface area contributed by atoms with Crippen LogP contribution in [0.5, 0.6) is 0 Å². The van der Waals surface area contributed by atoms with Gasteiger partial charge in [-0.3, -0.25) is 33.6 Å². The van der Waals surface area contributed by atoms with Gasteiger partial charge in [-0.2, -0.15) is 0 Å². The van der Waals surface area contributed by atoms with Gasteiger partial charge in [0.2, 0.25) is 35.4 Å². The van der Waals surface area contributed by atoms with E-state index in [2.05, 4.69) is 36.9 Å². The van der Waals surface area contributed by atoms with E-state index in [0.717, 1.165) is 33.2 Å². The van der Waals surface area contributed by atoms with Crippen molar-refractivity contribution in [3.8, 4) is 0 Å². The van der Waals surface area contributed by atoms with Crippen LogP contribution in [0, 0.1) is 11.8 Å². The number of nitrogens with one attached hydrogen (secondary N) is 7. The average Bonchev–Trinajstić information content (AvgIpc) is 3.68. The Balaban J connectivity index is 1.23. The molecule has 9 N–H and O–H groups in total. The molecule has 17 heteroatoms. The van der Waals surface area contributed by atoms with Gasteiger partial charge >= 0.3 is 11.9 Å². The first kappa shape index (κ1) is 53.5. The molecule has 0 fully saturated rings. The first-order chi connectivity index (χ1) is 34.4. The maximum atomic E-state index is 14.6. The Morgan fingerprint density at radius 3 is 1.74 bits per heavy atom. The summed E-state index contributed by atoms with van der Waals surface area (Å²) in [7, 11) is 0. The number of rotatable bonds is 23. The van der Waals surface area contributed by atoms with Crippen molar-refractivity contribution in [3.05, 3.63) is 143 Å². The van der Waals surface area contributed by atoms with Gasteiger partial charge in [0.25, 0.3) is 0 Å². The molecule has 1 aliphatic carbocycles.